The molecule has 1 aliphatic rings. The van der Waals surface area contributed by atoms with Gasteiger partial charge in [-0.15, -0.1) is 0 Å². The topological polar surface area (TPSA) is 17.1 Å². The highest BCUT2D eigenvalue weighted by Crippen LogP contribution is 2.22. The van der Waals surface area contributed by atoms with Crippen molar-refractivity contribution in [3.05, 3.63) is 11.6 Å². The van der Waals surface area contributed by atoms with Crippen LogP contribution >= 0.6 is 0 Å². The lowest BCUT2D eigenvalue weighted by atomic mass is 9.88. The van der Waals surface area contributed by atoms with Gasteiger partial charge in [-0.25, -0.2) is 0 Å². The van der Waals surface area contributed by atoms with Gasteiger partial charge in [-0.3, -0.25) is 4.79 Å². The zero-order valence-corrected chi connectivity index (χ0v) is 6.68. The minimum atomic E-state index is 0.315. The summed E-state index contributed by atoms with van der Waals surface area (Å²) in [6.07, 6.45) is 4.74. The van der Waals surface area contributed by atoms with E-state index in [0.29, 0.717) is 11.7 Å². The van der Waals surface area contributed by atoms with Crippen molar-refractivity contribution in [2.45, 2.75) is 33.1 Å². The molecule has 0 aromatic carbocycles. The third-order valence-corrected chi connectivity index (χ3v) is 1.98. The first kappa shape index (κ1) is 7.52. The standard InChI is InChI=1S/C9H14O/c1-3-8-4-7(2)5-9(10)6-8/h6-7H,3-5H2,1-2H3. The van der Waals surface area contributed by atoms with Gasteiger partial charge in [0.1, 0.15) is 0 Å². The predicted molar refractivity (Wildman–Crippen MR) is 41.8 cm³/mol. The van der Waals surface area contributed by atoms with E-state index in [9.17, 15) is 4.79 Å². The van der Waals surface area contributed by atoms with Crippen molar-refractivity contribution in [1.82, 2.24) is 0 Å². The number of ketones is 1. The van der Waals surface area contributed by atoms with Crippen molar-refractivity contribution in [3.63, 3.8) is 0 Å². The summed E-state index contributed by atoms with van der Waals surface area (Å²) in [4.78, 5) is 11.0. The summed E-state index contributed by atoms with van der Waals surface area (Å²) in [6.45, 7) is 4.25. The highest BCUT2D eigenvalue weighted by Gasteiger charge is 2.14. The van der Waals surface area contributed by atoms with E-state index in [-0.39, 0.29) is 0 Å². The molecule has 1 rings (SSSR count). The van der Waals surface area contributed by atoms with E-state index in [4.69, 9.17) is 0 Å². The molecule has 0 heterocycles. The van der Waals surface area contributed by atoms with Crippen molar-refractivity contribution < 1.29 is 4.79 Å². The molecule has 0 saturated heterocycles. The van der Waals surface area contributed by atoms with E-state index in [1.165, 1.54) is 5.57 Å². The van der Waals surface area contributed by atoms with E-state index in [2.05, 4.69) is 13.8 Å². The maximum atomic E-state index is 11.0. The van der Waals surface area contributed by atoms with Crippen LogP contribution in [0.5, 0.6) is 0 Å². The number of hydrogen-bond acceptors (Lipinski definition) is 1. The summed E-state index contributed by atoms with van der Waals surface area (Å²) in [5.74, 6) is 0.892. The second-order valence-corrected chi connectivity index (χ2v) is 3.14. The molecule has 0 aliphatic heterocycles. The van der Waals surface area contributed by atoms with Gasteiger partial charge in [0, 0.05) is 6.42 Å². The highest BCUT2D eigenvalue weighted by molar-refractivity contribution is 5.91. The molecule has 0 radical (unpaired) electrons. The Morgan fingerprint density at radius 2 is 2.30 bits per heavy atom. The minimum Gasteiger partial charge on any atom is -0.295 e. The second-order valence-electron chi connectivity index (χ2n) is 3.14. The monoisotopic (exact) mass is 138 g/mol. The third-order valence-electron chi connectivity index (χ3n) is 1.98. The van der Waals surface area contributed by atoms with Crippen molar-refractivity contribution >= 4 is 5.78 Å². The van der Waals surface area contributed by atoms with Gasteiger partial charge >= 0.3 is 0 Å². The molecule has 0 amide bonds. The molecule has 1 unspecified atom stereocenters. The van der Waals surface area contributed by atoms with Crippen LogP contribution in [-0.2, 0) is 4.79 Å². The maximum absolute atomic E-state index is 11.0. The predicted octanol–water partition coefficient (Wildman–Crippen LogP) is 2.32. The lowest BCUT2D eigenvalue weighted by Crippen LogP contribution is -2.10. The van der Waals surface area contributed by atoms with Crippen molar-refractivity contribution in [1.29, 1.82) is 0 Å². The molecule has 1 heteroatoms. The van der Waals surface area contributed by atoms with Crippen LogP contribution < -0.4 is 0 Å². The molecule has 0 bridgehead atoms. The van der Waals surface area contributed by atoms with Crippen LogP contribution in [0, 0.1) is 5.92 Å². The minimum absolute atomic E-state index is 0.315. The first-order chi connectivity index (χ1) is 4.72. The molecule has 1 atom stereocenters. The molecule has 1 nitrogen and oxygen atoms in total. The van der Waals surface area contributed by atoms with Crippen LogP contribution in [0.4, 0.5) is 0 Å². The Kier molecular flexibility index (Phi) is 2.25. The van der Waals surface area contributed by atoms with Crippen molar-refractivity contribution in [2.75, 3.05) is 0 Å². The zero-order chi connectivity index (χ0) is 7.56. The first-order valence-corrected chi connectivity index (χ1v) is 3.94. The van der Waals surface area contributed by atoms with Crippen LogP contribution in [0.25, 0.3) is 0 Å². The molecule has 56 valence electrons. The van der Waals surface area contributed by atoms with Gasteiger partial charge < -0.3 is 0 Å². The van der Waals surface area contributed by atoms with Gasteiger partial charge in [0.2, 0.25) is 0 Å². The van der Waals surface area contributed by atoms with E-state index in [1.54, 1.807) is 0 Å². The van der Waals surface area contributed by atoms with Crippen LogP contribution in [0.15, 0.2) is 11.6 Å². The van der Waals surface area contributed by atoms with Crippen LogP contribution in [0.1, 0.15) is 33.1 Å². The maximum Gasteiger partial charge on any atom is 0.155 e. The summed E-state index contributed by atoms with van der Waals surface area (Å²) in [6, 6.07) is 0. The number of carbonyl (C=O) groups excluding carboxylic acids is 1. The normalized spacial score (nSPS) is 26.4. The number of rotatable bonds is 1. The summed E-state index contributed by atoms with van der Waals surface area (Å²) in [5.41, 5.74) is 1.32. The summed E-state index contributed by atoms with van der Waals surface area (Å²) in [5, 5.41) is 0. The van der Waals surface area contributed by atoms with E-state index < -0.39 is 0 Å². The molecule has 0 spiro atoms. The highest BCUT2D eigenvalue weighted by atomic mass is 16.1. The van der Waals surface area contributed by atoms with Crippen molar-refractivity contribution in [3.8, 4) is 0 Å². The SMILES string of the molecule is CCC1=CC(=O)CC(C)C1. The Bertz CT molecular complexity index is 168. The Morgan fingerprint density at radius 1 is 1.60 bits per heavy atom. The summed E-state index contributed by atoms with van der Waals surface area (Å²) < 4.78 is 0. The molecule has 0 saturated carbocycles. The fourth-order valence-corrected chi connectivity index (χ4v) is 1.46. The molecule has 10 heavy (non-hydrogen) atoms. The van der Waals surface area contributed by atoms with Gasteiger partial charge in [-0.2, -0.15) is 0 Å². The fourth-order valence-electron chi connectivity index (χ4n) is 1.46. The Morgan fingerprint density at radius 3 is 2.80 bits per heavy atom. The third kappa shape index (κ3) is 1.69. The van der Waals surface area contributed by atoms with E-state index in [0.717, 1.165) is 19.3 Å². The molecule has 0 aromatic heterocycles. The summed E-state index contributed by atoms with van der Waals surface area (Å²) in [7, 11) is 0. The number of carbonyl (C=O) groups is 1. The van der Waals surface area contributed by atoms with Gasteiger partial charge in [-0.05, 0) is 24.8 Å². The smallest absolute Gasteiger partial charge is 0.155 e. The molecule has 0 N–H and O–H groups in total. The Hall–Kier alpha value is -0.590. The lowest BCUT2D eigenvalue weighted by molar-refractivity contribution is -0.115. The molecule has 0 fully saturated rings. The van der Waals surface area contributed by atoms with Crippen LogP contribution in [0.3, 0.4) is 0 Å². The Labute approximate surface area is 62.1 Å². The van der Waals surface area contributed by atoms with E-state index >= 15 is 0 Å². The average molecular weight is 138 g/mol. The van der Waals surface area contributed by atoms with Crippen LogP contribution in [-0.4, -0.2) is 5.78 Å². The molecular formula is C9H14O. The largest absolute Gasteiger partial charge is 0.295 e. The van der Waals surface area contributed by atoms with Crippen molar-refractivity contribution in [2.24, 2.45) is 5.92 Å². The quantitative estimate of drug-likeness (QED) is 0.543. The molecule has 0 aromatic rings. The number of allylic oxidation sites excluding steroid dienone is 2. The first-order valence-electron chi connectivity index (χ1n) is 3.94. The fraction of sp³-hybridized carbons (Fsp3) is 0.667. The van der Waals surface area contributed by atoms with Gasteiger partial charge in [-0.1, -0.05) is 19.4 Å². The van der Waals surface area contributed by atoms with Gasteiger partial charge in [0.25, 0.3) is 0 Å². The van der Waals surface area contributed by atoms with Gasteiger partial charge in [0.05, 0.1) is 0 Å². The average Bonchev–Trinajstić information content (AvgIpc) is 1.85. The lowest BCUT2D eigenvalue weighted by Gasteiger charge is -2.16. The van der Waals surface area contributed by atoms with Crippen LogP contribution in [0.2, 0.25) is 0 Å². The Balaban J connectivity index is 2.65. The molecule has 1 aliphatic carbocycles. The zero-order valence-electron chi connectivity index (χ0n) is 6.68. The van der Waals surface area contributed by atoms with Gasteiger partial charge in [0.15, 0.2) is 5.78 Å². The van der Waals surface area contributed by atoms with E-state index in [1.807, 2.05) is 6.08 Å². The summed E-state index contributed by atoms with van der Waals surface area (Å²) >= 11 is 0. The second kappa shape index (κ2) is 3.00. The molecular weight excluding hydrogens is 124 g/mol. The number of hydrogen-bond donors (Lipinski definition) is 0.